The summed E-state index contributed by atoms with van der Waals surface area (Å²) in [4.78, 5) is 16.3. The zero-order chi connectivity index (χ0) is 18.6. The summed E-state index contributed by atoms with van der Waals surface area (Å²) in [6.45, 7) is 0.318. The lowest BCUT2D eigenvalue weighted by atomic mass is 10.1. The summed E-state index contributed by atoms with van der Waals surface area (Å²) in [5.41, 5.74) is -0.200. The number of ether oxygens (including phenoxy) is 1. The number of hydrogen-bond acceptors (Lipinski definition) is 3. The summed E-state index contributed by atoms with van der Waals surface area (Å²) in [6, 6.07) is 13.5. The van der Waals surface area contributed by atoms with Gasteiger partial charge in [0.15, 0.2) is 0 Å². The minimum absolute atomic E-state index is 0.0494. The molecule has 0 aliphatic carbocycles. The third-order valence-corrected chi connectivity index (χ3v) is 3.69. The molecule has 0 fully saturated rings. The molecular formula is C19H15F3N2O2. The van der Waals surface area contributed by atoms with Crippen molar-refractivity contribution < 1.29 is 22.7 Å². The van der Waals surface area contributed by atoms with Gasteiger partial charge in [-0.15, -0.1) is 0 Å². The summed E-state index contributed by atoms with van der Waals surface area (Å²) in [6.07, 6.45) is -2.83. The maximum absolute atomic E-state index is 12.7. The minimum atomic E-state index is -4.49. The molecule has 0 saturated carbocycles. The maximum Gasteiger partial charge on any atom is 0.416 e. The minimum Gasteiger partial charge on any atom is -0.489 e. The normalized spacial score (nSPS) is 11.3. The van der Waals surface area contributed by atoms with Gasteiger partial charge in [0, 0.05) is 17.1 Å². The Labute approximate surface area is 147 Å². The van der Waals surface area contributed by atoms with Crippen LogP contribution in [0.1, 0.15) is 15.9 Å². The largest absolute Gasteiger partial charge is 0.489 e. The summed E-state index contributed by atoms with van der Waals surface area (Å²) in [5, 5.41) is 3.47. The van der Waals surface area contributed by atoms with E-state index in [1.807, 2.05) is 24.3 Å². The van der Waals surface area contributed by atoms with Gasteiger partial charge in [-0.1, -0.05) is 24.3 Å². The Morgan fingerprint density at radius 2 is 1.85 bits per heavy atom. The number of carbonyl (C=O) groups is 1. The highest BCUT2D eigenvalue weighted by Gasteiger charge is 2.30. The van der Waals surface area contributed by atoms with Crippen molar-refractivity contribution >= 4 is 16.8 Å². The quantitative estimate of drug-likeness (QED) is 0.698. The van der Waals surface area contributed by atoms with Crippen LogP contribution in [0.2, 0.25) is 0 Å². The second-order valence-corrected chi connectivity index (χ2v) is 5.51. The lowest BCUT2D eigenvalue weighted by molar-refractivity contribution is -0.137. The first-order valence-electron chi connectivity index (χ1n) is 7.87. The van der Waals surface area contributed by atoms with Crippen molar-refractivity contribution in [2.75, 3.05) is 13.2 Å². The molecule has 26 heavy (non-hydrogen) atoms. The first-order chi connectivity index (χ1) is 12.4. The van der Waals surface area contributed by atoms with Crippen molar-refractivity contribution in [3.05, 3.63) is 71.9 Å². The smallest absolute Gasteiger partial charge is 0.416 e. The molecule has 1 amide bonds. The van der Waals surface area contributed by atoms with E-state index in [0.29, 0.717) is 11.3 Å². The molecule has 1 N–H and O–H groups in total. The zero-order valence-electron chi connectivity index (χ0n) is 13.6. The number of pyridine rings is 1. The first-order valence-corrected chi connectivity index (χ1v) is 7.87. The lowest BCUT2D eigenvalue weighted by Gasteiger charge is -2.11. The van der Waals surface area contributed by atoms with Crippen molar-refractivity contribution in [3.8, 4) is 5.75 Å². The van der Waals surface area contributed by atoms with E-state index in [9.17, 15) is 18.0 Å². The summed E-state index contributed by atoms with van der Waals surface area (Å²) in [5.74, 6) is -0.00726. The fourth-order valence-electron chi connectivity index (χ4n) is 2.46. The Hall–Kier alpha value is -3.09. The molecule has 2 aromatic carbocycles. The van der Waals surface area contributed by atoms with E-state index in [4.69, 9.17) is 4.74 Å². The molecule has 0 radical (unpaired) electrons. The Balaban J connectivity index is 1.57. The molecule has 1 aromatic heterocycles. The first kappa shape index (κ1) is 17.7. The number of aromatic nitrogens is 1. The highest BCUT2D eigenvalue weighted by molar-refractivity contribution is 5.94. The standard InChI is InChI=1S/C19H15F3N2O2/c20-19(21,22)15-7-1-5-14(12-15)18(25)24-10-11-26-16-8-2-4-13-6-3-9-23-17(13)16/h1-9,12H,10-11H2,(H,24,25). The molecule has 0 atom stereocenters. The van der Waals surface area contributed by atoms with Crippen molar-refractivity contribution in [1.29, 1.82) is 0 Å². The van der Waals surface area contributed by atoms with Gasteiger partial charge < -0.3 is 10.1 Å². The van der Waals surface area contributed by atoms with Crippen LogP contribution in [0, 0.1) is 0 Å². The van der Waals surface area contributed by atoms with Crippen molar-refractivity contribution in [2.45, 2.75) is 6.18 Å². The van der Waals surface area contributed by atoms with Crippen LogP contribution >= 0.6 is 0 Å². The van der Waals surface area contributed by atoms with Crippen molar-refractivity contribution in [2.24, 2.45) is 0 Å². The second kappa shape index (κ2) is 7.43. The summed E-state index contributed by atoms with van der Waals surface area (Å²) in [7, 11) is 0. The number of carbonyl (C=O) groups excluding carboxylic acids is 1. The number of nitrogens with one attached hydrogen (secondary N) is 1. The molecule has 0 aliphatic rings. The van der Waals surface area contributed by atoms with Gasteiger partial charge in [0.1, 0.15) is 17.9 Å². The number of hydrogen-bond donors (Lipinski definition) is 1. The predicted molar refractivity (Wildman–Crippen MR) is 91.0 cm³/mol. The molecule has 0 saturated heterocycles. The van der Waals surface area contributed by atoms with Crippen LogP contribution in [0.15, 0.2) is 60.8 Å². The molecule has 0 aliphatic heterocycles. The van der Waals surface area contributed by atoms with E-state index in [2.05, 4.69) is 10.3 Å². The van der Waals surface area contributed by atoms with E-state index in [1.54, 1.807) is 12.3 Å². The molecule has 1 heterocycles. The van der Waals surface area contributed by atoms with E-state index >= 15 is 0 Å². The average Bonchev–Trinajstić information content (AvgIpc) is 2.64. The monoisotopic (exact) mass is 360 g/mol. The number of nitrogens with zero attached hydrogens (tertiary/aromatic N) is 1. The van der Waals surface area contributed by atoms with Crippen LogP contribution in [-0.2, 0) is 6.18 Å². The number of amides is 1. The van der Waals surface area contributed by atoms with Crippen LogP contribution < -0.4 is 10.1 Å². The number of rotatable bonds is 5. The molecule has 4 nitrogen and oxygen atoms in total. The van der Waals surface area contributed by atoms with Crippen molar-refractivity contribution in [3.63, 3.8) is 0 Å². The van der Waals surface area contributed by atoms with Gasteiger partial charge in [-0.05, 0) is 30.3 Å². The van der Waals surface area contributed by atoms with Gasteiger partial charge in [0.05, 0.1) is 12.1 Å². The van der Waals surface area contributed by atoms with E-state index in [-0.39, 0.29) is 18.7 Å². The summed E-state index contributed by atoms with van der Waals surface area (Å²) >= 11 is 0. The number of para-hydroxylation sites is 1. The van der Waals surface area contributed by atoms with Crippen LogP contribution in [-0.4, -0.2) is 24.0 Å². The van der Waals surface area contributed by atoms with Crippen LogP contribution in [0.25, 0.3) is 10.9 Å². The van der Waals surface area contributed by atoms with Gasteiger partial charge in [0.25, 0.3) is 5.91 Å². The molecule has 3 aromatic rings. The lowest BCUT2D eigenvalue weighted by Crippen LogP contribution is -2.28. The van der Waals surface area contributed by atoms with Crippen molar-refractivity contribution in [1.82, 2.24) is 10.3 Å². The van der Waals surface area contributed by atoms with Gasteiger partial charge in [-0.2, -0.15) is 13.2 Å². The summed E-state index contributed by atoms with van der Waals surface area (Å²) < 4.78 is 43.7. The molecule has 0 unspecified atom stereocenters. The van der Waals surface area contributed by atoms with Gasteiger partial charge in [-0.3, -0.25) is 9.78 Å². The number of halogens is 3. The number of benzene rings is 2. The third kappa shape index (κ3) is 4.11. The maximum atomic E-state index is 12.7. The Morgan fingerprint density at radius 3 is 2.65 bits per heavy atom. The van der Waals surface area contributed by atoms with E-state index in [1.165, 1.54) is 12.1 Å². The highest BCUT2D eigenvalue weighted by atomic mass is 19.4. The molecule has 0 bridgehead atoms. The number of fused-ring (bicyclic) bond motifs is 1. The van der Waals surface area contributed by atoms with Gasteiger partial charge in [-0.25, -0.2) is 0 Å². The van der Waals surface area contributed by atoms with E-state index < -0.39 is 17.6 Å². The fourth-order valence-corrected chi connectivity index (χ4v) is 2.46. The Kier molecular flexibility index (Phi) is 5.06. The van der Waals surface area contributed by atoms with Gasteiger partial charge >= 0.3 is 6.18 Å². The average molecular weight is 360 g/mol. The zero-order valence-corrected chi connectivity index (χ0v) is 13.6. The Morgan fingerprint density at radius 1 is 1.08 bits per heavy atom. The van der Waals surface area contributed by atoms with Gasteiger partial charge in [0.2, 0.25) is 0 Å². The molecule has 0 spiro atoms. The molecule has 134 valence electrons. The topological polar surface area (TPSA) is 51.2 Å². The Bertz CT molecular complexity index is 921. The predicted octanol–water partition coefficient (Wildman–Crippen LogP) is 4.06. The molecule has 3 rings (SSSR count). The molecule has 7 heteroatoms. The van der Waals surface area contributed by atoms with E-state index in [0.717, 1.165) is 17.5 Å². The molecular weight excluding hydrogens is 345 g/mol. The number of alkyl halides is 3. The van der Waals surface area contributed by atoms with Crippen LogP contribution in [0.3, 0.4) is 0 Å². The van der Waals surface area contributed by atoms with Crippen LogP contribution in [0.5, 0.6) is 5.75 Å². The fraction of sp³-hybridized carbons (Fsp3) is 0.158. The van der Waals surface area contributed by atoms with Crippen LogP contribution in [0.4, 0.5) is 13.2 Å². The highest BCUT2D eigenvalue weighted by Crippen LogP contribution is 2.29. The SMILES string of the molecule is O=C(NCCOc1cccc2cccnc12)c1cccc(C(F)(F)F)c1. The third-order valence-electron chi connectivity index (χ3n) is 3.69. The second-order valence-electron chi connectivity index (χ2n) is 5.51.